The molecule has 0 unspecified atom stereocenters. The highest BCUT2D eigenvalue weighted by Crippen LogP contribution is 2.29. The monoisotopic (exact) mass is 343 g/mol. The van der Waals surface area contributed by atoms with Crippen LogP contribution in [0, 0.1) is 0 Å². The molecule has 6 heteroatoms. The second kappa shape index (κ2) is 8.61. The van der Waals surface area contributed by atoms with E-state index in [1.165, 1.54) is 25.8 Å². The molecule has 0 aliphatic carbocycles. The Morgan fingerprint density at radius 3 is 2.73 bits per heavy atom. The molecule has 1 aromatic carbocycles. The molecule has 1 heterocycles. The molecule has 1 aromatic rings. The average molecular weight is 344 g/mol. The quantitative estimate of drug-likeness (QED) is 0.779. The van der Waals surface area contributed by atoms with E-state index in [1.807, 2.05) is 0 Å². The highest BCUT2D eigenvalue weighted by molar-refractivity contribution is 6.39. The van der Waals surface area contributed by atoms with Crippen molar-refractivity contribution in [1.82, 2.24) is 10.2 Å². The van der Waals surface area contributed by atoms with Crippen molar-refractivity contribution in [2.24, 2.45) is 0 Å². The number of anilines is 1. The van der Waals surface area contributed by atoms with E-state index in [9.17, 15) is 4.79 Å². The number of nitrogens with one attached hydrogen (secondary N) is 2. The lowest BCUT2D eigenvalue weighted by Crippen LogP contribution is -2.39. The van der Waals surface area contributed by atoms with Crippen LogP contribution in [0.5, 0.6) is 0 Å². The normalized spacial score (nSPS) is 19.0. The zero-order chi connectivity index (χ0) is 15.9. The van der Waals surface area contributed by atoms with Gasteiger partial charge >= 0.3 is 6.03 Å². The minimum Gasteiger partial charge on any atom is -0.338 e. The van der Waals surface area contributed by atoms with Crippen LogP contribution in [0.2, 0.25) is 10.0 Å². The Hall–Kier alpha value is -0.970. The van der Waals surface area contributed by atoms with Crippen LogP contribution < -0.4 is 10.6 Å². The number of halogens is 2. The number of piperidine rings is 1. The molecule has 1 atom stereocenters. The first-order chi connectivity index (χ1) is 10.6. The molecule has 1 fully saturated rings. The first-order valence-corrected chi connectivity index (χ1v) is 8.56. The molecular weight excluding hydrogens is 321 g/mol. The number of rotatable bonds is 5. The Labute approximate surface area is 142 Å². The number of urea groups is 1. The fourth-order valence-corrected chi connectivity index (χ4v) is 3.24. The Morgan fingerprint density at radius 2 is 2.05 bits per heavy atom. The van der Waals surface area contributed by atoms with Gasteiger partial charge in [-0.3, -0.25) is 0 Å². The molecule has 1 saturated heterocycles. The molecule has 22 heavy (non-hydrogen) atoms. The van der Waals surface area contributed by atoms with Gasteiger partial charge in [-0.15, -0.1) is 0 Å². The van der Waals surface area contributed by atoms with Crippen LogP contribution in [0.4, 0.5) is 10.5 Å². The Bertz CT molecular complexity index is 490. The summed E-state index contributed by atoms with van der Waals surface area (Å²) in [5, 5.41) is 6.41. The number of para-hydroxylation sites is 1. The molecule has 122 valence electrons. The van der Waals surface area contributed by atoms with Crippen molar-refractivity contribution in [3.8, 4) is 0 Å². The number of hydrogen-bond acceptors (Lipinski definition) is 2. The summed E-state index contributed by atoms with van der Waals surface area (Å²) in [6, 6.07) is 5.51. The summed E-state index contributed by atoms with van der Waals surface area (Å²) in [6.07, 6.45) is 4.83. The number of carbonyl (C=O) groups is 1. The molecule has 0 bridgehead atoms. The van der Waals surface area contributed by atoms with Crippen molar-refractivity contribution in [2.75, 3.05) is 25.0 Å². The summed E-state index contributed by atoms with van der Waals surface area (Å²) in [4.78, 5) is 14.4. The third-order valence-electron chi connectivity index (χ3n) is 4.05. The van der Waals surface area contributed by atoms with E-state index in [1.54, 1.807) is 18.2 Å². The van der Waals surface area contributed by atoms with Gasteiger partial charge < -0.3 is 15.5 Å². The van der Waals surface area contributed by atoms with Crippen LogP contribution in [-0.4, -0.2) is 36.6 Å². The average Bonchev–Trinajstić information content (AvgIpc) is 2.49. The van der Waals surface area contributed by atoms with Crippen LogP contribution in [-0.2, 0) is 0 Å². The van der Waals surface area contributed by atoms with Gasteiger partial charge in [-0.2, -0.15) is 0 Å². The van der Waals surface area contributed by atoms with Gasteiger partial charge in [0.15, 0.2) is 0 Å². The molecule has 1 aliphatic rings. The second-order valence-corrected chi connectivity index (χ2v) is 6.53. The highest BCUT2D eigenvalue weighted by atomic mass is 35.5. The van der Waals surface area contributed by atoms with Crippen LogP contribution in [0.15, 0.2) is 18.2 Å². The van der Waals surface area contributed by atoms with Gasteiger partial charge in [-0.05, 0) is 44.9 Å². The molecule has 1 aliphatic heterocycles. The fourth-order valence-electron chi connectivity index (χ4n) is 2.75. The van der Waals surface area contributed by atoms with Crippen molar-refractivity contribution < 1.29 is 4.79 Å². The Balaban J connectivity index is 1.70. The predicted octanol–water partition coefficient (Wildman–Crippen LogP) is 4.38. The SMILES string of the molecule is C[C@@H]1CCCCN1CCCNC(=O)Nc1c(Cl)cccc1Cl. The van der Waals surface area contributed by atoms with Gasteiger partial charge in [0.2, 0.25) is 0 Å². The second-order valence-electron chi connectivity index (χ2n) is 5.71. The smallest absolute Gasteiger partial charge is 0.319 e. The van der Waals surface area contributed by atoms with Crippen LogP contribution >= 0.6 is 23.2 Å². The lowest BCUT2D eigenvalue weighted by atomic mass is 10.0. The van der Waals surface area contributed by atoms with Crippen molar-refractivity contribution in [3.63, 3.8) is 0 Å². The van der Waals surface area contributed by atoms with Crippen molar-refractivity contribution in [1.29, 1.82) is 0 Å². The highest BCUT2D eigenvalue weighted by Gasteiger charge is 2.17. The van der Waals surface area contributed by atoms with Crippen molar-refractivity contribution in [2.45, 2.75) is 38.6 Å². The summed E-state index contributed by atoms with van der Waals surface area (Å²) in [7, 11) is 0. The molecule has 0 aromatic heterocycles. The van der Waals surface area contributed by atoms with Gasteiger partial charge in [0.1, 0.15) is 0 Å². The summed E-state index contributed by atoms with van der Waals surface area (Å²) in [6.45, 7) is 5.10. The van der Waals surface area contributed by atoms with E-state index in [0.717, 1.165) is 13.0 Å². The van der Waals surface area contributed by atoms with Gasteiger partial charge in [0, 0.05) is 19.1 Å². The maximum Gasteiger partial charge on any atom is 0.319 e. The lowest BCUT2D eigenvalue weighted by Gasteiger charge is -2.33. The third kappa shape index (κ3) is 5.04. The maximum atomic E-state index is 11.9. The molecule has 0 saturated carbocycles. The lowest BCUT2D eigenvalue weighted by molar-refractivity contribution is 0.159. The summed E-state index contributed by atoms with van der Waals surface area (Å²) >= 11 is 12.0. The summed E-state index contributed by atoms with van der Waals surface area (Å²) < 4.78 is 0. The van der Waals surface area contributed by atoms with E-state index in [-0.39, 0.29) is 6.03 Å². The van der Waals surface area contributed by atoms with Gasteiger partial charge in [-0.25, -0.2) is 4.79 Å². The summed E-state index contributed by atoms with van der Waals surface area (Å²) in [5.74, 6) is 0. The molecule has 2 N–H and O–H groups in total. The number of hydrogen-bond donors (Lipinski definition) is 2. The van der Waals surface area contributed by atoms with E-state index < -0.39 is 0 Å². The van der Waals surface area contributed by atoms with Gasteiger partial charge in [0.25, 0.3) is 0 Å². The van der Waals surface area contributed by atoms with Crippen molar-refractivity contribution >= 4 is 34.9 Å². The standard InChI is InChI=1S/C16H23Cl2N3O/c1-12-6-2-3-10-21(12)11-5-9-19-16(22)20-15-13(17)7-4-8-14(15)18/h4,7-8,12H,2-3,5-6,9-11H2,1H3,(H2,19,20,22)/t12-/m1/s1. The number of carbonyl (C=O) groups excluding carboxylic acids is 1. The van der Waals surface area contributed by atoms with E-state index in [2.05, 4.69) is 22.5 Å². The summed E-state index contributed by atoms with van der Waals surface area (Å²) in [5.41, 5.74) is 0.452. The molecule has 2 rings (SSSR count). The van der Waals surface area contributed by atoms with E-state index in [0.29, 0.717) is 28.3 Å². The predicted molar refractivity (Wildman–Crippen MR) is 93.0 cm³/mol. The van der Waals surface area contributed by atoms with Crippen LogP contribution in [0.3, 0.4) is 0 Å². The van der Waals surface area contributed by atoms with Crippen molar-refractivity contribution in [3.05, 3.63) is 28.2 Å². The van der Waals surface area contributed by atoms with Gasteiger partial charge in [0.05, 0.1) is 15.7 Å². The Kier molecular flexibility index (Phi) is 6.80. The zero-order valence-corrected chi connectivity index (χ0v) is 14.4. The largest absolute Gasteiger partial charge is 0.338 e. The van der Waals surface area contributed by atoms with Crippen LogP contribution in [0.25, 0.3) is 0 Å². The van der Waals surface area contributed by atoms with E-state index >= 15 is 0 Å². The van der Waals surface area contributed by atoms with Gasteiger partial charge in [-0.1, -0.05) is 35.7 Å². The number of likely N-dealkylation sites (tertiary alicyclic amines) is 1. The Morgan fingerprint density at radius 1 is 1.32 bits per heavy atom. The number of nitrogens with zero attached hydrogens (tertiary/aromatic N) is 1. The zero-order valence-electron chi connectivity index (χ0n) is 12.9. The molecule has 0 radical (unpaired) electrons. The molecule has 4 nitrogen and oxygen atoms in total. The minimum absolute atomic E-state index is 0.276. The number of amides is 2. The topological polar surface area (TPSA) is 44.4 Å². The first-order valence-electron chi connectivity index (χ1n) is 7.81. The van der Waals surface area contributed by atoms with Crippen LogP contribution in [0.1, 0.15) is 32.6 Å². The number of benzene rings is 1. The van der Waals surface area contributed by atoms with E-state index in [4.69, 9.17) is 23.2 Å². The molecule has 0 spiro atoms. The maximum absolute atomic E-state index is 11.9. The molecular formula is C16H23Cl2N3O. The fraction of sp³-hybridized carbons (Fsp3) is 0.562. The molecule has 2 amide bonds. The first kappa shape index (κ1) is 17.4. The minimum atomic E-state index is -0.276. The third-order valence-corrected chi connectivity index (χ3v) is 4.68.